The van der Waals surface area contributed by atoms with Crippen molar-refractivity contribution < 1.29 is 28.6 Å². The lowest BCUT2D eigenvalue weighted by Gasteiger charge is -2.18. The predicted molar refractivity (Wildman–Crippen MR) is 261 cm³/mol. The average Bonchev–Trinajstić information content (AvgIpc) is 3.23. The highest BCUT2D eigenvalue weighted by Crippen LogP contribution is 2.18. The van der Waals surface area contributed by atoms with Crippen LogP contribution in [-0.2, 0) is 28.6 Å². The molecule has 0 amide bonds. The quantitative estimate of drug-likeness (QED) is 0.0344. The van der Waals surface area contributed by atoms with Gasteiger partial charge in [-0.15, -0.1) is 0 Å². The molecular weight excluding hydrogens is 757 g/mol. The second kappa shape index (κ2) is 47.9. The molecule has 0 aromatic carbocycles. The molecule has 0 aromatic rings. The Hall–Kier alpha value is -1.59. The first-order chi connectivity index (χ1) is 29.7. The molecule has 0 saturated carbocycles. The van der Waals surface area contributed by atoms with E-state index in [1.807, 2.05) is 0 Å². The fourth-order valence-electron chi connectivity index (χ4n) is 8.34. The Labute approximate surface area is 380 Å². The van der Waals surface area contributed by atoms with Crippen molar-refractivity contribution in [3.63, 3.8) is 0 Å². The third-order valence-corrected chi connectivity index (χ3v) is 12.5. The summed E-state index contributed by atoms with van der Waals surface area (Å²) in [6.07, 6.45) is 49.5. The summed E-state index contributed by atoms with van der Waals surface area (Å²) >= 11 is 0. The molecule has 61 heavy (non-hydrogen) atoms. The number of rotatable bonds is 49. The molecule has 0 unspecified atom stereocenters. The first-order valence-corrected chi connectivity index (χ1v) is 27.2. The summed E-state index contributed by atoms with van der Waals surface area (Å²) in [7, 11) is 0. The van der Waals surface area contributed by atoms with Gasteiger partial charge in [0, 0.05) is 19.3 Å². The van der Waals surface area contributed by atoms with Crippen molar-refractivity contribution in [2.24, 2.45) is 11.8 Å². The van der Waals surface area contributed by atoms with Crippen LogP contribution < -0.4 is 0 Å². The van der Waals surface area contributed by atoms with E-state index < -0.39 is 6.10 Å². The lowest BCUT2D eigenvalue weighted by Crippen LogP contribution is -2.30. The molecular formula is C55H106O6. The Bertz CT molecular complexity index is 931. The van der Waals surface area contributed by atoms with E-state index >= 15 is 0 Å². The highest BCUT2D eigenvalue weighted by molar-refractivity contribution is 5.71. The van der Waals surface area contributed by atoms with Gasteiger partial charge in [-0.3, -0.25) is 14.4 Å². The molecule has 6 heteroatoms. The third kappa shape index (κ3) is 49.3. The van der Waals surface area contributed by atoms with Crippen molar-refractivity contribution in [1.29, 1.82) is 0 Å². The van der Waals surface area contributed by atoms with E-state index in [0.717, 1.165) is 69.6 Å². The fourth-order valence-corrected chi connectivity index (χ4v) is 8.34. The number of carbonyl (C=O) groups is 3. The molecule has 6 nitrogen and oxygen atoms in total. The minimum Gasteiger partial charge on any atom is -0.462 e. The molecule has 0 N–H and O–H groups in total. The van der Waals surface area contributed by atoms with Gasteiger partial charge in [-0.25, -0.2) is 0 Å². The first-order valence-electron chi connectivity index (χ1n) is 27.2. The maximum Gasteiger partial charge on any atom is 0.306 e. The highest BCUT2D eigenvalue weighted by Gasteiger charge is 2.19. The highest BCUT2D eigenvalue weighted by atomic mass is 16.6. The van der Waals surface area contributed by atoms with Crippen LogP contribution in [-0.4, -0.2) is 37.2 Å². The van der Waals surface area contributed by atoms with Crippen LogP contribution >= 0.6 is 0 Å². The number of hydrogen-bond acceptors (Lipinski definition) is 6. The SMILES string of the molecule is CCCCCCCCCCCCCCCCC(=O)O[C@H](COC(=O)CCCCCCCCCCCCCCCCCC(C)C)COC(=O)CCCCCCCCCCC(C)C. The Morgan fingerprint density at radius 3 is 0.803 bits per heavy atom. The van der Waals surface area contributed by atoms with Crippen molar-refractivity contribution in [3.8, 4) is 0 Å². The lowest BCUT2D eigenvalue weighted by molar-refractivity contribution is -0.167. The molecule has 0 rings (SSSR count). The Morgan fingerprint density at radius 2 is 0.541 bits per heavy atom. The molecule has 0 radical (unpaired) electrons. The summed E-state index contributed by atoms with van der Waals surface area (Å²) in [5.74, 6) is 0.800. The van der Waals surface area contributed by atoms with Crippen molar-refractivity contribution in [3.05, 3.63) is 0 Å². The van der Waals surface area contributed by atoms with Crippen molar-refractivity contribution in [1.82, 2.24) is 0 Å². The number of ether oxygens (including phenoxy) is 3. The molecule has 0 spiro atoms. The monoisotopic (exact) mass is 863 g/mol. The van der Waals surface area contributed by atoms with E-state index in [4.69, 9.17) is 14.2 Å². The zero-order valence-electron chi connectivity index (χ0n) is 41.8. The fraction of sp³-hybridized carbons (Fsp3) is 0.945. The number of unbranched alkanes of at least 4 members (excludes halogenated alkanes) is 34. The molecule has 0 fully saturated rings. The normalized spacial score (nSPS) is 12.0. The number of carbonyl (C=O) groups excluding carboxylic acids is 3. The van der Waals surface area contributed by atoms with Gasteiger partial charge in [0.25, 0.3) is 0 Å². The van der Waals surface area contributed by atoms with Gasteiger partial charge >= 0.3 is 17.9 Å². The zero-order chi connectivity index (χ0) is 44.7. The lowest BCUT2D eigenvalue weighted by atomic mass is 10.0. The van der Waals surface area contributed by atoms with E-state index in [9.17, 15) is 14.4 Å². The first kappa shape index (κ1) is 59.4. The maximum atomic E-state index is 12.8. The summed E-state index contributed by atoms with van der Waals surface area (Å²) in [5.41, 5.74) is 0. The van der Waals surface area contributed by atoms with Crippen LogP contribution in [0, 0.1) is 11.8 Å². The molecule has 0 saturated heterocycles. The van der Waals surface area contributed by atoms with Gasteiger partial charge in [0.1, 0.15) is 13.2 Å². The van der Waals surface area contributed by atoms with Gasteiger partial charge in [0.2, 0.25) is 0 Å². The van der Waals surface area contributed by atoms with E-state index in [2.05, 4.69) is 34.6 Å². The van der Waals surface area contributed by atoms with Crippen molar-refractivity contribution in [2.45, 2.75) is 310 Å². The third-order valence-electron chi connectivity index (χ3n) is 12.5. The average molecular weight is 863 g/mol. The van der Waals surface area contributed by atoms with E-state index in [0.29, 0.717) is 19.3 Å². The molecule has 0 aliphatic heterocycles. The minimum atomic E-state index is -0.762. The molecule has 0 aliphatic rings. The summed E-state index contributed by atoms with van der Waals surface area (Å²) in [5, 5.41) is 0. The largest absolute Gasteiger partial charge is 0.462 e. The molecule has 0 aromatic heterocycles. The topological polar surface area (TPSA) is 78.9 Å². The van der Waals surface area contributed by atoms with Crippen LogP contribution in [0.15, 0.2) is 0 Å². The predicted octanol–water partition coefficient (Wildman–Crippen LogP) is 17.7. The summed E-state index contributed by atoms with van der Waals surface area (Å²) in [6, 6.07) is 0. The van der Waals surface area contributed by atoms with E-state index in [-0.39, 0.29) is 31.1 Å². The van der Waals surface area contributed by atoms with Gasteiger partial charge in [0.15, 0.2) is 6.10 Å². The van der Waals surface area contributed by atoms with Crippen LogP contribution in [0.5, 0.6) is 0 Å². The summed E-state index contributed by atoms with van der Waals surface area (Å²) in [4.78, 5) is 38.0. The van der Waals surface area contributed by atoms with Gasteiger partial charge in [-0.05, 0) is 31.1 Å². The molecule has 0 bridgehead atoms. The zero-order valence-corrected chi connectivity index (χ0v) is 41.8. The molecule has 0 aliphatic carbocycles. The van der Waals surface area contributed by atoms with Crippen molar-refractivity contribution in [2.75, 3.05) is 13.2 Å². The van der Waals surface area contributed by atoms with Gasteiger partial charge in [0.05, 0.1) is 0 Å². The number of hydrogen-bond donors (Lipinski definition) is 0. The second-order valence-corrected chi connectivity index (χ2v) is 19.8. The standard InChI is InChI=1S/C55H106O6/c1-6-7-8-9-10-11-12-13-18-22-25-32-37-42-47-55(58)61-52(49-60-54(57)46-41-36-31-27-26-29-34-39-44-51(4)5)48-59-53(56)45-40-35-30-24-21-19-16-14-15-17-20-23-28-33-38-43-50(2)3/h50-52H,6-49H2,1-5H3/t52-/m1/s1. The Kier molecular flexibility index (Phi) is 46.6. The van der Waals surface area contributed by atoms with Crippen LogP contribution in [0.3, 0.4) is 0 Å². The van der Waals surface area contributed by atoms with Gasteiger partial charge in [-0.2, -0.15) is 0 Å². The minimum absolute atomic E-state index is 0.0634. The smallest absolute Gasteiger partial charge is 0.306 e. The Balaban J connectivity index is 4.27. The molecule has 0 heterocycles. The van der Waals surface area contributed by atoms with E-state index in [1.54, 1.807) is 0 Å². The van der Waals surface area contributed by atoms with Crippen LogP contribution in [0.2, 0.25) is 0 Å². The summed E-state index contributed by atoms with van der Waals surface area (Å²) < 4.78 is 16.8. The maximum absolute atomic E-state index is 12.8. The van der Waals surface area contributed by atoms with Gasteiger partial charge < -0.3 is 14.2 Å². The number of esters is 3. The Morgan fingerprint density at radius 1 is 0.311 bits per heavy atom. The summed E-state index contributed by atoms with van der Waals surface area (Å²) in [6.45, 7) is 11.4. The second-order valence-electron chi connectivity index (χ2n) is 19.8. The molecule has 1 atom stereocenters. The van der Waals surface area contributed by atoms with E-state index in [1.165, 1.54) is 193 Å². The van der Waals surface area contributed by atoms with Crippen LogP contribution in [0.25, 0.3) is 0 Å². The van der Waals surface area contributed by atoms with Gasteiger partial charge in [-0.1, -0.05) is 266 Å². The van der Waals surface area contributed by atoms with Crippen molar-refractivity contribution >= 4 is 17.9 Å². The van der Waals surface area contributed by atoms with Crippen LogP contribution in [0.1, 0.15) is 304 Å². The van der Waals surface area contributed by atoms with Crippen LogP contribution in [0.4, 0.5) is 0 Å². The molecule has 362 valence electrons.